The number of carboxylic acid groups (broad SMARTS) is 1. The quantitative estimate of drug-likeness (QED) is 0.719. The SMILES string of the molecule is CC(CNC(=O)C1CC(C(=O)O)=NO1)CN1CCCC1. The van der Waals surface area contributed by atoms with Crippen LogP contribution in [0.25, 0.3) is 0 Å². The first-order chi connectivity index (χ1) is 9.56. The highest BCUT2D eigenvalue weighted by atomic mass is 16.6. The summed E-state index contributed by atoms with van der Waals surface area (Å²) in [4.78, 5) is 29.8. The molecule has 1 amide bonds. The summed E-state index contributed by atoms with van der Waals surface area (Å²) in [6.07, 6.45) is 1.73. The van der Waals surface area contributed by atoms with Gasteiger partial charge in [0.2, 0.25) is 6.10 Å². The van der Waals surface area contributed by atoms with Crippen LogP contribution in [0, 0.1) is 5.92 Å². The summed E-state index contributed by atoms with van der Waals surface area (Å²) >= 11 is 0. The standard InChI is InChI=1S/C13H21N3O4/c1-9(8-16-4-2-3-5-16)7-14-12(17)11-6-10(13(18)19)15-20-11/h9,11H,2-8H2,1H3,(H,14,17)(H,18,19). The number of oxime groups is 1. The van der Waals surface area contributed by atoms with Crippen molar-refractivity contribution in [3.8, 4) is 0 Å². The molecule has 1 saturated heterocycles. The van der Waals surface area contributed by atoms with Gasteiger partial charge in [0, 0.05) is 19.5 Å². The molecule has 0 spiro atoms. The van der Waals surface area contributed by atoms with Gasteiger partial charge >= 0.3 is 5.97 Å². The van der Waals surface area contributed by atoms with Gasteiger partial charge in [-0.2, -0.15) is 0 Å². The Hall–Kier alpha value is -1.63. The zero-order valence-electron chi connectivity index (χ0n) is 11.7. The molecule has 0 bridgehead atoms. The molecule has 7 nitrogen and oxygen atoms in total. The van der Waals surface area contributed by atoms with Gasteiger partial charge in [-0.1, -0.05) is 12.1 Å². The molecule has 2 N–H and O–H groups in total. The van der Waals surface area contributed by atoms with E-state index in [4.69, 9.17) is 9.94 Å². The van der Waals surface area contributed by atoms with Crippen LogP contribution in [0.1, 0.15) is 26.2 Å². The van der Waals surface area contributed by atoms with Crippen LogP contribution in [0.5, 0.6) is 0 Å². The first-order valence-electron chi connectivity index (χ1n) is 7.02. The Labute approximate surface area is 117 Å². The molecule has 0 aromatic rings. The third-order valence-corrected chi connectivity index (χ3v) is 3.60. The van der Waals surface area contributed by atoms with Crippen molar-refractivity contribution in [3.05, 3.63) is 0 Å². The maximum Gasteiger partial charge on any atom is 0.353 e. The van der Waals surface area contributed by atoms with Crippen molar-refractivity contribution < 1.29 is 19.5 Å². The van der Waals surface area contributed by atoms with Gasteiger partial charge in [-0.15, -0.1) is 0 Å². The second-order valence-corrected chi connectivity index (χ2v) is 5.50. The van der Waals surface area contributed by atoms with Gasteiger partial charge in [0.25, 0.3) is 5.91 Å². The lowest BCUT2D eigenvalue weighted by molar-refractivity contribution is -0.131. The third kappa shape index (κ3) is 3.93. The number of carbonyl (C=O) groups is 2. The number of hydrogen-bond donors (Lipinski definition) is 2. The van der Waals surface area contributed by atoms with E-state index >= 15 is 0 Å². The lowest BCUT2D eigenvalue weighted by Gasteiger charge is -2.20. The van der Waals surface area contributed by atoms with Crippen LogP contribution >= 0.6 is 0 Å². The number of carbonyl (C=O) groups excluding carboxylic acids is 1. The second-order valence-electron chi connectivity index (χ2n) is 5.50. The predicted octanol–water partition coefficient (Wildman–Crippen LogP) is 0.0640. The van der Waals surface area contributed by atoms with E-state index in [1.54, 1.807) is 0 Å². The van der Waals surface area contributed by atoms with Crippen LogP contribution < -0.4 is 5.32 Å². The van der Waals surface area contributed by atoms with Crippen molar-refractivity contribution in [1.29, 1.82) is 0 Å². The Morgan fingerprint density at radius 2 is 2.20 bits per heavy atom. The minimum absolute atomic E-state index is 0.0294. The van der Waals surface area contributed by atoms with E-state index in [0.717, 1.165) is 19.6 Å². The molecule has 2 unspecified atom stereocenters. The van der Waals surface area contributed by atoms with Crippen molar-refractivity contribution in [2.24, 2.45) is 11.1 Å². The van der Waals surface area contributed by atoms with Crippen molar-refractivity contribution in [2.75, 3.05) is 26.2 Å². The van der Waals surface area contributed by atoms with Crippen LogP contribution in [0.4, 0.5) is 0 Å². The summed E-state index contributed by atoms with van der Waals surface area (Å²) < 4.78 is 0. The van der Waals surface area contributed by atoms with Gasteiger partial charge in [-0.25, -0.2) is 4.79 Å². The molecular weight excluding hydrogens is 262 g/mol. The summed E-state index contributed by atoms with van der Waals surface area (Å²) in [5.41, 5.74) is -0.102. The molecule has 1 fully saturated rings. The molecule has 20 heavy (non-hydrogen) atoms. The maximum absolute atomic E-state index is 11.8. The lowest BCUT2D eigenvalue weighted by Crippen LogP contribution is -2.39. The Bertz CT molecular complexity index is 404. The molecule has 2 atom stereocenters. The summed E-state index contributed by atoms with van der Waals surface area (Å²) in [6.45, 7) is 5.91. The Balaban J connectivity index is 1.66. The van der Waals surface area contributed by atoms with Crippen molar-refractivity contribution in [1.82, 2.24) is 10.2 Å². The molecule has 2 aliphatic heterocycles. The Kier molecular flexibility index (Phi) is 4.94. The monoisotopic (exact) mass is 283 g/mol. The summed E-state index contributed by atoms with van der Waals surface area (Å²) in [5.74, 6) is -1.07. The second kappa shape index (κ2) is 6.69. The number of likely N-dealkylation sites (tertiary alicyclic amines) is 1. The molecule has 2 aliphatic rings. The van der Waals surface area contributed by atoms with E-state index in [1.165, 1.54) is 12.8 Å². The molecule has 0 aliphatic carbocycles. The predicted molar refractivity (Wildman–Crippen MR) is 72.4 cm³/mol. The van der Waals surface area contributed by atoms with Gasteiger partial charge in [-0.05, 0) is 31.8 Å². The fourth-order valence-corrected chi connectivity index (χ4v) is 2.50. The largest absolute Gasteiger partial charge is 0.477 e. The minimum Gasteiger partial charge on any atom is -0.477 e. The number of aliphatic carboxylic acids is 1. The van der Waals surface area contributed by atoms with E-state index in [1.807, 2.05) is 0 Å². The van der Waals surface area contributed by atoms with Crippen LogP contribution in [-0.4, -0.2) is 59.9 Å². The number of nitrogens with one attached hydrogen (secondary N) is 1. The van der Waals surface area contributed by atoms with Gasteiger partial charge in [0.1, 0.15) is 0 Å². The average molecular weight is 283 g/mol. The first-order valence-corrected chi connectivity index (χ1v) is 7.02. The Morgan fingerprint density at radius 1 is 1.50 bits per heavy atom. The maximum atomic E-state index is 11.8. The van der Waals surface area contributed by atoms with E-state index in [2.05, 4.69) is 22.3 Å². The molecule has 2 rings (SSSR count). The van der Waals surface area contributed by atoms with Gasteiger partial charge in [0.15, 0.2) is 5.71 Å². The first kappa shape index (κ1) is 14.8. The fourth-order valence-electron chi connectivity index (χ4n) is 2.50. The molecule has 7 heteroatoms. The lowest BCUT2D eigenvalue weighted by atomic mass is 10.1. The number of nitrogens with zero attached hydrogens (tertiary/aromatic N) is 2. The van der Waals surface area contributed by atoms with Crippen LogP contribution in [-0.2, 0) is 14.4 Å². The van der Waals surface area contributed by atoms with Crippen molar-refractivity contribution in [3.63, 3.8) is 0 Å². The van der Waals surface area contributed by atoms with Crippen LogP contribution in [0.3, 0.4) is 0 Å². The molecule has 0 aromatic heterocycles. The van der Waals surface area contributed by atoms with Crippen LogP contribution in [0.2, 0.25) is 0 Å². The molecule has 0 aromatic carbocycles. The number of hydrogen-bond acceptors (Lipinski definition) is 5. The average Bonchev–Trinajstić information content (AvgIpc) is 3.06. The highest BCUT2D eigenvalue weighted by molar-refractivity contribution is 6.36. The van der Waals surface area contributed by atoms with Crippen LogP contribution in [0.15, 0.2) is 5.16 Å². The van der Waals surface area contributed by atoms with Gasteiger partial charge in [-0.3, -0.25) is 4.79 Å². The van der Waals surface area contributed by atoms with Crippen molar-refractivity contribution >= 4 is 17.6 Å². The molecule has 0 radical (unpaired) electrons. The molecule has 0 saturated carbocycles. The third-order valence-electron chi connectivity index (χ3n) is 3.60. The summed E-state index contributed by atoms with van der Waals surface area (Å²) in [6, 6.07) is 0. The minimum atomic E-state index is -1.14. The fraction of sp³-hybridized carbons (Fsp3) is 0.769. The van der Waals surface area contributed by atoms with Crippen molar-refractivity contribution in [2.45, 2.75) is 32.3 Å². The normalized spacial score (nSPS) is 24.1. The highest BCUT2D eigenvalue weighted by Crippen LogP contribution is 2.12. The summed E-state index contributed by atoms with van der Waals surface area (Å²) in [7, 11) is 0. The zero-order chi connectivity index (χ0) is 14.5. The Morgan fingerprint density at radius 3 is 2.80 bits per heavy atom. The number of carboxylic acids is 1. The van der Waals surface area contributed by atoms with E-state index in [-0.39, 0.29) is 18.0 Å². The molecular formula is C13H21N3O4. The molecule has 112 valence electrons. The number of rotatable bonds is 6. The summed E-state index contributed by atoms with van der Waals surface area (Å²) in [5, 5.41) is 14.9. The van der Waals surface area contributed by atoms with Gasteiger partial charge in [0.05, 0.1) is 0 Å². The van der Waals surface area contributed by atoms with Gasteiger partial charge < -0.3 is 20.2 Å². The molecule has 2 heterocycles. The zero-order valence-corrected chi connectivity index (χ0v) is 11.7. The topological polar surface area (TPSA) is 91.2 Å². The van der Waals surface area contributed by atoms with E-state index < -0.39 is 12.1 Å². The van der Waals surface area contributed by atoms with E-state index in [9.17, 15) is 9.59 Å². The van der Waals surface area contributed by atoms with E-state index in [0.29, 0.717) is 12.5 Å². The smallest absolute Gasteiger partial charge is 0.353 e. The number of amides is 1. The highest BCUT2D eigenvalue weighted by Gasteiger charge is 2.31.